The highest BCUT2D eigenvalue weighted by Gasteiger charge is 2.12. The van der Waals surface area contributed by atoms with Crippen LogP contribution in [0.4, 0.5) is 0 Å². The Morgan fingerprint density at radius 2 is 1.81 bits per heavy atom. The third kappa shape index (κ3) is 5.82. The van der Waals surface area contributed by atoms with Crippen molar-refractivity contribution in [2.75, 3.05) is 13.2 Å². The Hall–Kier alpha value is -2.44. The normalized spacial score (nSPS) is 13.6. The zero-order chi connectivity index (χ0) is 19.2. The second kappa shape index (κ2) is 8.78. The van der Waals surface area contributed by atoms with Crippen LogP contribution in [0.2, 0.25) is 0 Å². The van der Waals surface area contributed by atoms with Crippen LogP contribution in [0.1, 0.15) is 24.1 Å². The van der Waals surface area contributed by atoms with Crippen LogP contribution in [0.25, 0.3) is 0 Å². The van der Waals surface area contributed by atoms with E-state index in [2.05, 4.69) is 5.32 Å². The first-order valence-electron chi connectivity index (χ1n) is 7.97. The lowest BCUT2D eigenvalue weighted by molar-refractivity contribution is 0.104. The number of nitriles is 1. The molecule has 2 aromatic carbocycles. The minimum absolute atomic E-state index is 0.0595. The molecule has 0 bridgehead atoms. The predicted molar refractivity (Wildman–Crippen MR) is 96.9 cm³/mol. The Labute approximate surface area is 153 Å². The van der Waals surface area contributed by atoms with Gasteiger partial charge < -0.3 is 15.2 Å². The Morgan fingerprint density at radius 3 is 2.35 bits per heavy atom. The molecular formula is C18H21N3O4S. The maximum atomic E-state index is 11.3. The molecule has 0 radical (unpaired) electrons. The van der Waals surface area contributed by atoms with Crippen molar-refractivity contribution in [1.82, 2.24) is 5.32 Å². The van der Waals surface area contributed by atoms with Crippen LogP contribution in [0.3, 0.4) is 0 Å². The summed E-state index contributed by atoms with van der Waals surface area (Å²) in [7, 11) is -3.70. The zero-order valence-corrected chi connectivity index (χ0v) is 15.1. The van der Waals surface area contributed by atoms with E-state index in [1.54, 1.807) is 36.4 Å². The average molecular weight is 375 g/mol. The van der Waals surface area contributed by atoms with E-state index in [-0.39, 0.29) is 17.5 Å². The molecule has 0 fully saturated rings. The highest BCUT2D eigenvalue weighted by molar-refractivity contribution is 7.89. The van der Waals surface area contributed by atoms with E-state index in [0.29, 0.717) is 17.9 Å². The number of rotatable bonds is 8. The van der Waals surface area contributed by atoms with Gasteiger partial charge in [0.2, 0.25) is 10.0 Å². The second-order valence-electron chi connectivity index (χ2n) is 5.84. The SMILES string of the molecule is C[C@@H](NC[C@H](O)COc1ccc(C#N)cc1)c1ccc(S(N)(=O)=O)cc1. The molecule has 2 aromatic rings. The van der Waals surface area contributed by atoms with E-state index in [1.807, 2.05) is 13.0 Å². The van der Waals surface area contributed by atoms with Gasteiger partial charge in [-0.2, -0.15) is 5.26 Å². The molecule has 138 valence electrons. The van der Waals surface area contributed by atoms with E-state index in [1.165, 1.54) is 12.1 Å². The van der Waals surface area contributed by atoms with Crippen LogP contribution in [0.15, 0.2) is 53.4 Å². The lowest BCUT2D eigenvalue weighted by Gasteiger charge is -2.18. The van der Waals surface area contributed by atoms with Gasteiger partial charge >= 0.3 is 0 Å². The number of hydrogen-bond acceptors (Lipinski definition) is 6. The first-order valence-corrected chi connectivity index (χ1v) is 9.51. The van der Waals surface area contributed by atoms with Crippen LogP contribution in [-0.4, -0.2) is 32.8 Å². The minimum atomic E-state index is -3.70. The Bertz CT molecular complexity index is 859. The van der Waals surface area contributed by atoms with Gasteiger partial charge in [-0.3, -0.25) is 0 Å². The fraction of sp³-hybridized carbons (Fsp3) is 0.278. The number of nitrogens with zero attached hydrogens (tertiary/aromatic N) is 1. The van der Waals surface area contributed by atoms with E-state index in [9.17, 15) is 13.5 Å². The number of hydrogen-bond donors (Lipinski definition) is 3. The summed E-state index contributed by atoms with van der Waals surface area (Å²) in [4.78, 5) is 0.0595. The topological polar surface area (TPSA) is 125 Å². The van der Waals surface area contributed by atoms with E-state index in [0.717, 1.165) is 5.56 Å². The monoisotopic (exact) mass is 375 g/mol. The highest BCUT2D eigenvalue weighted by atomic mass is 32.2. The fourth-order valence-corrected chi connectivity index (χ4v) is 2.77. The first-order chi connectivity index (χ1) is 12.3. The second-order valence-corrected chi connectivity index (χ2v) is 7.41. The maximum Gasteiger partial charge on any atom is 0.238 e. The number of sulfonamides is 1. The highest BCUT2D eigenvalue weighted by Crippen LogP contribution is 2.16. The Morgan fingerprint density at radius 1 is 1.19 bits per heavy atom. The molecular weight excluding hydrogens is 354 g/mol. The maximum absolute atomic E-state index is 11.3. The molecule has 0 aliphatic carbocycles. The quantitative estimate of drug-likeness (QED) is 0.638. The number of benzene rings is 2. The molecule has 0 heterocycles. The van der Waals surface area contributed by atoms with Gasteiger partial charge in [0.1, 0.15) is 18.5 Å². The molecule has 0 amide bonds. The van der Waals surface area contributed by atoms with E-state index < -0.39 is 16.1 Å². The summed E-state index contributed by atoms with van der Waals surface area (Å²) in [6, 6.07) is 14.8. The van der Waals surface area contributed by atoms with Gasteiger partial charge in [0.05, 0.1) is 16.5 Å². The van der Waals surface area contributed by atoms with Crippen molar-refractivity contribution in [3.8, 4) is 11.8 Å². The predicted octanol–water partition coefficient (Wildman–Crippen LogP) is 1.30. The van der Waals surface area contributed by atoms with Crippen LogP contribution >= 0.6 is 0 Å². The van der Waals surface area contributed by atoms with Gasteiger partial charge in [0, 0.05) is 12.6 Å². The zero-order valence-electron chi connectivity index (χ0n) is 14.3. The Balaban J connectivity index is 1.80. The Kier molecular flexibility index (Phi) is 6.71. The number of nitrogens with one attached hydrogen (secondary N) is 1. The average Bonchev–Trinajstić information content (AvgIpc) is 2.64. The summed E-state index contributed by atoms with van der Waals surface area (Å²) in [5.74, 6) is 0.578. The lowest BCUT2D eigenvalue weighted by Crippen LogP contribution is -2.33. The number of nitrogens with two attached hydrogens (primary N) is 1. The summed E-state index contributed by atoms with van der Waals surface area (Å²) in [6.07, 6.45) is -0.725. The van der Waals surface area contributed by atoms with Gasteiger partial charge in [-0.1, -0.05) is 12.1 Å². The van der Waals surface area contributed by atoms with Crippen LogP contribution in [-0.2, 0) is 10.0 Å². The number of aliphatic hydroxyl groups is 1. The summed E-state index contributed by atoms with van der Waals surface area (Å²) >= 11 is 0. The molecule has 7 nitrogen and oxygen atoms in total. The standard InChI is InChI=1S/C18H21N3O4S/c1-13(15-4-8-18(9-5-15)26(20,23)24)21-11-16(22)12-25-17-6-2-14(10-19)3-7-17/h2-9,13,16,21-22H,11-12H2,1H3,(H2,20,23,24)/t13-,16+/m1/s1. The molecule has 0 aliphatic heterocycles. The van der Waals surface area contributed by atoms with Gasteiger partial charge in [0.25, 0.3) is 0 Å². The third-order valence-electron chi connectivity index (χ3n) is 3.79. The molecule has 2 rings (SSSR count). The van der Waals surface area contributed by atoms with Crippen molar-refractivity contribution >= 4 is 10.0 Å². The van der Waals surface area contributed by atoms with Crippen LogP contribution < -0.4 is 15.2 Å². The van der Waals surface area contributed by atoms with E-state index >= 15 is 0 Å². The van der Waals surface area contributed by atoms with Crippen LogP contribution in [0, 0.1) is 11.3 Å². The summed E-state index contributed by atoms with van der Waals surface area (Å²) < 4.78 is 28.0. The number of primary sulfonamides is 1. The molecule has 26 heavy (non-hydrogen) atoms. The van der Waals surface area contributed by atoms with Crippen LogP contribution in [0.5, 0.6) is 5.75 Å². The third-order valence-corrected chi connectivity index (χ3v) is 4.72. The summed E-state index contributed by atoms with van der Waals surface area (Å²) in [6.45, 7) is 2.31. The first kappa shape index (κ1) is 19.9. The van der Waals surface area contributed by atoms with Gasteiger partial charge in [-0.15, -0.1) is 0 Å². The largest absolute Gasteiger partial charge is 0.491 e. The number of aliphatic hydroxyl groups excluding tert-OH is 1. The van der Waals surface area contributed by atoms with Crippen molar-refractivity contribution < 1.29 is 18.3 Å². The van der Waals surface area contributed by atoms with Crippen molar-refractivity contribution in [1.29, 1.82) is 5.26 Å². The van der Waals surface area contributed by atoms with Gasteiger partial charge in [-0.05, 0) is 48.9 Å². The molecule has 0 aromatic heterocycles. The molecule has 4 N–H and O–H groups in total. The molecule has 0 unspecified atom stereocenters. The smallest absolute Gasteiger partial charge is 0.238 e. The molecule has 2 atom stereocenters. The lowest BCUT2D eigenvalue weighted by atomic mass is 10.1. The van der Waals surface area contributed by atoms with Gasteiger partial charge in [-0.25, -0.2) is 13.6 Å². The summed E-state index contributed by atoms with van der Waals surface area (Å²) in [5.41, 5.74) is 1.42. The molecule has 8 heteroatoms. The van der Waals surface area contributed by atoms with Crippen molar-refractivity contribution in [3.63, 3.8) is 0 Å². The van der Waals surface area contributed by atoms with Crippen molar-refractivity contribution in [2.45, 2.75) is 24.0 Å². The molecule has 0 saturated heterocycles. The van der Waals surface area contributed by atoms with E-state index in [4.69, 9.17) is 15.1 Å². The van der Waals surface area contributed by atoms with Gasteiger partial charge in [0.15, 0.2) is 0 Å². The number of ether oxygens (including phenoxy) is 1. The van der Waals surface area contributed by atoms with Crippen molar-refractivity contribution in [2.24, 2.45) is 5.14 Å². The summed E-state index contributed by atoms with van der Waals surface area (Å²) in [5, 5.41) is 27.0. The molecule has 0 aliphatic rings. The van der Waals surface area contributed by atoms with Crippen molar-refractivity contribution in [3.05, 3.63) is 59.7 Å². The minimum Gasteiger partial charge on any atom is -0.491 e. The molecule has 0 saturated carbocycles. The fourth-order valence-electron chi connectivity index (χ4n) is 2.25. The molecule has 0 spiro atoms.